The number of nitrogens with zero attached hydrogens (tertiary/aromatic N) is 1. The molecule has 2 rings (SSSR count). The minimum atomic E-state index is -0.438. The van der Waals surface area contributed by atoms with Crippen molar-refractivity contribution in [1.29, 1.82) is 0 Å². The number of piperidine rings is 1. The van der Waals surface area contributed by atoms with Gasteiger partial charge in [0.2, 0.25) is 0 Å². The maximum absolute atomic E-state index is 13.6. The Morgan fingerprint density at radius 2 is 2.23 bits per heavy atom. The van der Waals surface area contributed by atoms with Gasteiger partial charge in [-0.05, 0) is 37.3 Å². The average molecular weight is 308 g/mol. The smallest absolute Gasteiger partial charge is 0.317 e. The number of likely N-dealkylation sites (tertiary alicyclic amines) is 1. The van der Waals surface area contributed by atoms with Gasteiger partial charge in [0.05, 0.1) is 6.61 Å². The third-order valence-corrected chi connectivity index (χ3v) is 4.55. The van der Waals surface area contributed by atoms with Crippen molar-refractivity contribution < 1.29 is 14.3 Å². The summed E-state index contributed by atoms with van der Waals surface area (Å²) < 4.78 is 13.6. The van der Waals surface area contributed by atoms with E-state index in [0.29, 0.717) is 18.0 Å². The predicted molar refractivity (Wildman–Crippen MR) is 83.7 cm³/mol. The lowest BCUT2D eigenvalue weighted by atomic mass is 9.92. The zero-order valence-corrected chi connectivity index (χ0v) is 13.3. The second-order valence-corrected chi connectivity index (χ2v) is 6.10. The van der Waals surface area contributed by atoms with E-state index in [9.17, 15) is 9.18 Å². The van der Waals surface area contributed by atoms with Crippen LogP contribution in [0.25, 0.3) is 0 Å². The number of aliphatic hydroxyl groups is 1. The van der Waals surface area contributed by atoms with E-state index in [2.05, 4.69) is 19.2 Å². The molecule has 0 aliphatic carbocycles. The Bertz CT molecular complexity index is 521. The molecule has 0 bridgehead atoms. The first kappa shape index (κ1) is 16.7. The fourth-order valence-electron chi connectivity index (χ4n) is 2.91. The van der Waals surface area contributed by atoms with E-state index in [0.717, 1.165) is 19.4 Å². The Balaban J connectivity index is 1.93. The summed E-state index contributed by atoms with van der Waals surface area (Å²) in [4.78, 5) is 14.2. The highest BCUT2D eigenvalue weighted by molar-refractivity contribution is 5.74. The van der Waals surface area contributed by atoms with E-state index in [-0.39, 0.29) is 24.2 Å². The molecule has 2 atom stereocenters. The number of carbonyl (C=O) groups is 1. The summed E-state index contributed by atoms with van der Waals surface area (Å²) in [5.41, 5.74) is 0.963. The normalized spacial score (nSPS) is 21.7. The van der Waals surface area contributed by atoms with Crippen molar-refractivity contribution in [3.05, 3.63) is 35.1 Å². The summed E-state index contributed by atoms with van der Waals surface area (Å²) in [6.07, 6.45) is 3.30. The highest BCUT2D eigenvalue weighted by atomic mass is 19.1. The third kappa shape index (κ3) is 3.97. The van der Waals surface area contributed by atoms with Gasteiger partial charge in [-0.25, -0.2) is 9.18 Å². The second-order valence-electron chi connectivity index (χ2n) is 6.10. The summed E-state index contributed by atoms with van der Waals surface area (Å²) in [7, 11) is 0. The van der Waals surface area contributed by atoms with Gasteiger partial charge in [0.15, 0.2) is 0 Å². The summed E-state index contributed by atoms with van der Waals surface area (Å²) >= 11 is 0. The van der Waals surface area contributed by atoms with Crippen LogP contribution >= 0.6 is 0 Å². The number of amides is 2. The first-order chi connectivity index (χ1) is 10.5. The van der Waals surface area contributed by atoms with Crippen LogP contribution < -0.4 is 5.32 Å². The van der Waals surface area contributed by atoms with Crippen LogP contribution in [0.15, 0.2) is 18.2 Å². The van der Waals surface area contributed by atoms with Crippen LogP contribution in [0.1, 0.15) is 44.2 Å². The second kappa shape index (κ2) is 7.58. The topological polar surface area (TPSA) is 52.6 Å². The van der Waals surface area contributed by atoms with E-state index >= 15 is 0 Å². The number of urea groups is 1. The van der Waals surface area contributed by atoms with Crippen LogP contribution in [0, 0.1) is 11.7 Å². The van der Waals surface area contributed by atoms with Crippen LogP contribution in [-0.4, -0.2) is 28.6 Å². The van der Waals surface area contributed by atoms with Crippen LogP contribution in [0.3, 0.4) is 0 Å². The number of carbonyl (C=O) groups excluding carboxylic acids is 1. The summed E-state index contributed by atoms with van der Waals surface area (Å²) in [5, 5.41) is 11.8. The molecule has 122 valence electrons. The lowest BCUT2D eigenvalue weighted by Crippen LogP contribution is -2.49. The first-order valence-corrected chi connectivity index (χ1v) is 7.97. The number of halogens is 1. The van der Waals surface area contributed by atoms with Gasteiger partial charge in [0, 0.05) is 24.7 Å². The molecule has 1 aliphatic heterocycles. The number of rotatable bonds is 4. The maximum atomic E-state index is 13.6. The van der Waals surface area contributed by atoms with Crippen LogP contribution in [0.5, 0.6) is 0 Å². The lowest BCUT2D eigenvalue weighted by Gasteiger charge is -2.37. The Morgan fingerprint density at radius 3 is 2.86 bits per heavy atom. The molecule has 1 aromatic carbocycles. The van der Waals surface area contributed by atoms with Crippen LogP contribution in [0.4, 0.5) is 9.18 Å². The fourth-order valence-corrected chi connectivity index (χ4v) is 2.91. The van der Waals surface area contributed by atoms with Crippen molar-refractivity contribution in [2.45, 2.75) is 52.3 Å². The van der Waals surface area contributed by atoms with Gasteiger partial charge in [0.25, 0.3) is 0 Å². The monoisotopic (exact) mass is 308 g/mol. The predicted octanol–water partition coefficient (Wildman–Crippen LogP) is 3.04. The van der Waals surface area contributed by atoms with Gasteiger partial charge in [0.1, 0.15) is 5.82 Å². The Morgan fingerprint density at radius 1 is 1.45 bits per heavy atom. The van der Waals surface area contributed by atoms with Gasteiger partial charge in [-0.2, -0.15) is 0 Å². The number of hydrogen-bond acceptors (Lipinski definition) is 2. The van der Waals surface area contributed by atoms with Crippen molar-refractivity contribution in [3.8, 4) is 0 Å². The van der Waals surface area contributed by atoms with Crippen molar-refractivity contribution >= 4 is 6.03 Å². The standard InChI is InChI=1S/C17H25FN2O2/c1-3-13-5-4-12(2)20(10-13)17(22)19-9-14-6-7-15(11-21)16(18)8-14/h6-8,12-13,21H,3-5,9-11H2,1-2H3,(H,19,22)/t12-,13-/m1/s1. The van der Waals surface area contributed by atoms with Crippen LogP contribution in [0.2, 0.25) is 0 Å². The van der Waals surface area contributed by atoms with Gasteiger partial charge in [-0.15, -0.1) is 0 Å². The molecule has 1 aromatic rings. The molecule has 1 aliphatic rings. The van der Waals surface area contributed by atoms with Gasteiger partial charge >= 0.3 is 6.03 Å². The van der Waals surface area contributed by atoms with Gasteiger partial charge < -0.3 is 15.3 Å². The molecule has 0 unspecified atom stereocenters. The minimum absolute atomic E-state index is 0.0858. The summed E-state index contributed by atoms with van der Waals surface area (Å²) in [6, 6.07) is 4.80. The molecule has 2 amide bonds. The van der Waals surface area contributed by atoms with Crippen molar-refractivity contribution in [3.63, 3.8) is 0 Å². The molecule has 22 heavy (non-hydrogen) atoms. The number of benzene rings is 1. The largest absolute Gasteiger partial charge is 0.392 e. The van der Waals surface area contributed by atoms with E-state index in [1.807, 2.05) is 4.90 Å². The van der Waals surface area contributed by atoms with Crippen molar-refractivity contribution in [2.75, 3.05) is 6.54 Å². The van der Waals surface area contributed by atoms with Crippen molar-refractivity contribution in [1.82, 2.24) is 10.2 Å². The first-order valence-electron chi connectivity index (χ1n) is 7.97. The quantitative estimate of drug-likeness (QED) is 0.898. The highest BCUT2D eigenvalue weighted by Gasteiger charge is 2.27. The third-order valence-electron chi connectivity index (χ3n) is 4.55. The zero-order chi connectivity index (χ0) is 16.1. The van der Waals surface area contributed by atoms with Crippen molar-refractivity contribution in [2.24, 2.45) is 5.92 Å². The molecule has 2 N–H and O–H groups in total. The molecule has 4 nitrogen and oxygen atoms in total. The highest BCUT2D eigenvalue weighted by Crippen LogP contribution is 2.24. The maximum Gasteiger partial charge on any atom is 0.317 e. The summed E-state index contributed by atoms with van der Waals surface area (Å²) in [5.74, 6) is 0.134. The number of hydrogen-bond donors (Lipinski definition) is 2. The zero-order valence-electron chi connectivity index (χ0n) is 13.3. The van der Waals surface area contributed by atoms with Gasteiger partial charge in [-0.1, -0.05) is 25.5 Å². The van der Waals surface area contributed by atoms with Crippen LogP contribution in [-0.2, 0) is 13.2 Å². The SMILES string of the molecule is CC[C@@H]1CC[C@@H](C)N(C(=O)NCc2ccc(CO)c(F)c2)C1. The molecular weight excluding hydrogens is 283 g/mol. The lowest BCUT2D eigenvalue weighted by molar-refractivity contribution is 0.130. The molecular formula is C17H25FN2O2. The molecule has 1 saturated heterocycles. The van der Waals surface area contributed by atoms with Gasteiger partial charge in [-0.3, -0.25) is 0 Å². The number of aliphatic hydroxyl groups excluding tert-OH is 1. The van der Waals surface area contributed by atoms with E-state index in [1.165, 1.54) is 12.5 Å². The van der Waals surface area contributed by atoms with E-state index in [4.69, 9.17) is 5.11 Å². The van der Waals surface area contributed by atoms with E-state index < -0.39 is 5.82 Å². The molecule has 1 fully saturated rings. The molecule has 5 heteroatoms. The Hall–Kier alpha value is -1.62. The fraction of sp³-hybridized carbons (Fsp3) is 0.588. The molecule has 0 saturated carbocycles. The Labute approximate surface area is 131 Å². The number of nitrogens with one attached hydrogen (secondary N) is 1. The molecule has 1 heterocycles. The summed E-state index contributed by atoms with van der Waals surface area (Å²) in [6.45, 7) is 4.99. The molecule has 0 aromatic heterocycles. The van der Waals surface area contributed by atoms with E-state index in [1.54, 1.807) is 12.1 Å². The minimum Gasteiger partial charge on any atom is -0.392 e. The Kier molecular flexibility index (Phi) is 5.77. The molecule has 0 spiro atoms. The molecule has 0 radical (unpaired) electrons. The average Bonchev–Trinajstić information content (AvgIpc) is 2.53.